The van der Waals surface area contributed by atoms with Crippen LogP contribution in [0.2, 0.25) is 0 Å². The van der Waals surface area contributed by atoms with Crippen LogP contribution in [0.5, 0.6) is 0 Å². The van der Waals surface area contributed by atoms with Crippen molar-refractivity contribution in [2.75, 3.05) is 19.6 Å². The van der Waals surface area contributed by atoms with Gasteiger partial charge in [0.1, 0.15) is 0 Å². The molecular formula is C54H44B2N4Se. The normalized spacial score (nSPS) is 14.9. The maximum atomic E-state index is 2.67. The molecule has 8 aromatic rings. The van der Waals surface area contributed by atoms with Gasteiger partial charge in [0.05, 0.1) is 0 Å². The van der Waals surface area contributed by atoms with E-state index in [2.05, 4.69) is 219 Å². The monoisotopic (exact) mass is 850 g/mol. The third-order valence-electron chi connectivity index (χ3n) is 13.8. The van der Waals surface area contributed by atoms with Crippen molar-refractivity contribution in [3.63, 3.8) is 0 Å². The first-order valence-electron chi connectivity index (χ1n) is 21.7. The standard InChI is InChI=1S/C54H44B2N4Se/c1-53(2,3)33-28-30-39-38(31-33)56-48-42(57(39)35-17-9-7-10-18-35)23-15-26-45(48)60-41-22-14-13-21-40(41)59-44-25-16-24-43-47(44)55(51-49(59)50(60)52(56)61-51)37-29-27-34(54(4,5)6)32-46(37)58(43)36-19-11-8-12-20-36/h7-32H,1-6H3. The van der Waals surface area contributed by atoms with Crippen LogP contribution < -0.4 is 50.1 Å². The minimum atomic E-state index is 0.00415. The first-order chi connectivity index (χ1) is 29.6. The van der Waals surface area contributed by atoms with Gasteiger partial charge in [0, 0.05) is 0 Å². The summed E-state index contributed by atoms with van der Waals surface area (Å²) in [6.07, 6.45) is 0. The van der Waals surface area contributed by atoms with Crippen LogP contribution in [0, 0.1) is 0 Å². The van der Waals surface area contributed by atoms with Crippen LogP contribution in [0.15, 0.2) is 158 Å². The number of rotatable bonds is 2. The number of hydrogen-bond donors (Lipinski definition) is 0. The Labute approximate surface area is 365 Å². The summed E-state index contributed by atoms with van der Waals surface area (Å²) in [6.45, 7) is 14.3. The van der Waals surface area contributed by atoms with Crippen LogP contribution in [0.3, 0.4) is 0 Å². The van der Waals surface area contributed by atoms with Crippen molar-refractivity contribution in [2.45, 2.75) is 52.4 Å². The Hall–Kier alpha value is -6.13. The number of benzene rings is 7. The van der Waals surface area contributed by atoms with E-state index in [0.717, 1.165) is 0 Å². The van der Waals surface area contributed by atoms with Crippen LogP contribution in [0.1, 0.15) is 52.7 Å². The van der Waals surface area contributed by atoms with Crippen molar-refractivity contribution >= 4 is 127 Å². The van der Waals surface area contributed by atoms with Crippen LogP contribution in [-0.2, 0) is 10.8 Å². The predicted octanol–water partition coefficient (Wildman–Crippen LogP) is 9.82. The van der Waals surface area contributed by atoms with Gasteiger partial charge < -0.3 is 0 Å². The second-order valence-corrected chi connectivity index (χ2v) is 21.6. The molecule has 5 aliphatic rings. The van der Waals surface area contributed by atoms with E-state index < -0.39 is 0 Å². The first kappa shape index (κ1) is 35.6. The van der Waals surface area contributed by atoms with E-state index in [9.17, 15) is 0 Å². The second kappa shape index (κ2) is 12.2. The molecular weight excluding hydrogens is 805 g/mol. The van der Waals surface area contributed by atoms with Gasteiger partial charge in [-0.3, -0.25) is 0 Å². The van der Waals surface area contributed by atoms with Crippen LogP contribution >= 0.6 is 0 Å². The van der Waals surface area contributed by atoms with Crippen LogP contribution in [0.4, 0.5) is 68.2 Å². The molecule has 292 valence electrons. The fourth-order valence-corrected chi connectivity index (χ4v) is 14.3. The summed E-state index contributed by atoms with van der Waals surface area (Å²) in [6, 6.07) is 60.1. The van der Waals surface area contributed by atoms with E-state index in [-0.39, 0.29) is 38.8 Å². The number of fused-ring (bicyclic) bond motifs is 11. The molecule has 13 rings (SSSR count). The Kier molecular flexibility index (Phi) is 7.15. The quantitative estimate of drug-likeness (QED) is 0.161. The SMILES string of the molecule is CC(C)(C)c1ccc2c(c1)B1c3[se]c4c5c3N(c3ccccc3N5c3cccc5c3B4c3ccc(C(C)(C)C)cc3N5c3ccccc3)c3cccc(c31)N2c1ccccc1. The van der Waals surface area contributed by atoms with Gasteiger partial charge in [0.2, 0.25) is 0 Å². The number of para-hydroxylation sites is 4. The summed E-state index contributed by atoms with van der Waals surface area (Å²) in [5.74, 6) is 0. The minimum absolute atomic E-state index is 0.00415. The summed E-state index contributed by atoms with van der Waals surface area (Å²) in [7, 11) is 0. The van der Waals surface area contributed by atoms with Crippen molar-refractivity contribution in [3.05, 3.63) is 169 Å². The molecule has 7 heteroatoms. The summed E-state index contributed by atoms with van der Waals surface area (Å²) in [5.41, 5.74) is 23.8. The Morgan fingerprint density at radius 2 is 0.787 bits per heavy atom. The molecule has 5 aliphatic heterocycles. The van der Waals surface area contributed by atoms with Gasteiger partial charge in [-0.1, -0.05) is 0 Å². The Morgan fingerprint density at radius 3 is 1.31 bits per heavy atom. The molecule has 4 nitrogen and oxygen atoms in total. The van der Waals surface area contributed by atoms with Crippen LogP contribution in [0.25, 0.3) is 0 Å². The third kappa shape index (κ3) is 4.74. The van der Waals surface area contributed by atoms with Gasteiger partial charge in [0.15, 0.2) is 0 Å². The zero-order valence-corrected chi connectivity index (χ0v) is 37.1. The van der Waals surface area contributed by atoms with Gasteiger partial charge in [-0.15, -0.1) is 0 Å². The van der Waals surface area contributed by atoms with Gasteiger partial charge in [-0.25, -0.2) is 0 Å². The van der Waals surface area contributed by atoms with Gasteiger partial charge in [0.25, 0.3) is 0 Å². The molecule has 0 bridgehead atoms. The third-order valence-corrected chi connectivity index (χ3v) is 16.6. The Morgan fingerprint density at radius 1 is 0.361 bits per heavy atom. The predicted molar refractivity (Wildman–Crippen MR) is 262 cm³/mol. The fourth-order valence-electron chi connectivity index (χ4n) is 11.0. The molecule has 0 atom stereocenters. The Bertz CT molecular complexity index is 3160. The Balaban J connectivity index is 1.14. The molecule has 61 heavy (non-hydrogen) atoms. The molecule has 0 fully saturated rings. The topological polar surface area (TPSA) is 13.0 Å². The molecule has 0 amide bonds. The van der Waals surface area contributed by atoms with Crippen molar-refractivity contribution in [1.29, 1.82) is 0 Å². The van der Waals surface area contributed by atoms with E-state index in [1.165, 1.54) is 101 Å². The summed E-state index contributed by atoms with van der Waals surface area (Å²) >= 11 is 0.0347. The molecule has 0 saturated heterocycles. The molecule has 6 heterocycles. The molecule has 0 spiro atoms. The molecule has 0 unspecified atom stereocenters. The van der Waals surface area contributed by atoms with Crippen molar-refractivity contribution < 1.29 is 0 Å². The summed E-state index contributed by atoms with van der Waals surface area (Å²) in [5, 5.41) is 0. The molecule has 0 N–H and O–H groups in total. The number of hydrogen-bond acceptors (Lipinski definition) is 4. The first-order valence-corrected chi connectivity index (χ1v) is 23.4. The fraction of sp³-hybridized carbons (Fsp3) is 0.148. The van der Waals surface area contributed by atoms with Crippen molar-refractivity contribution in [3.8, 4) is 0 Å². The van der Waals surface area contributed by atoms with E-state index in [1.54, 1.807) is 8.67 Å². The van der Waals surface area contributed by atoms with E-state index >= 15 is 0 Å². The van der Waals surface area contributed by atoms with Gasteiger partial charge in [-0.05, 0) is 0 Å². The second-order valence-electron chi connectivity index (χ2n) is 19.4. The summed E-state index contributed by atoms with van der Waals surface area (Å²) in [4.78, 5) is 10.4. The zero-order valence-electron chi connectivity index (χ0n) is 35.4. The van der Waals surface area contributed by atoms with Crippen molar-refractivity contribution in [2.24, 2.45) is 0 Å². The maximum absolute atomic E-state index is 2.67. The number of nitrogens with zero attached hydrogens (tertiary/aromatic N) is 4. The average molecular weight is 850 g/mol. The molecule has 0 saturated carbocycles. The van der Waals surface area contributed by atoms with Crippen LogP contribution in [-0.4, -0.2) is 27.9 Å². The molecule has 7 aromatic carbocycles. The summed E-state index contributed by atoms with van der Waals surface area (Å²) < 4.78 is 3.15. The zero-order chi connectivity index (χ0) is 41.1. The molecule has 1 aromatic heterocycles. The van der Waals surface area contributed by atoms with E-state index in [1.807, 2.05) is 0 Å². The van der Waals surface area contributed by atoms with E-state index in [0.29, 0.717) is 0 Å². The van der Waals surface area contributed by atoms with E-state index in [4.69, 9.17) is 0 Å². The van der Waals surface area contributed by atoms with Gasteiger partial charge >= 0.3 is 368 Å². The van der Waals surface area contributed by atoms with Gasteiger partial charge in [-0.2, -0.15) is 0 Å². The average Bonchev–Trinajstić information content (AvgIpc) is 3.66. The molecule has 0 aliphatic carbocycles. The molecule has 0 radical (unpaired) electrons. The number of anilines is 12. The van der Waals surface area contributed by atoms with Crippen molar-refractivity contribution in [1.82, 2.24) is 0 Å².